The molecule has 1 saturated heterocycles. The van der Waals surface area contributed by atoms with Crippen molar-refractivity contribution in [2.45, 2.75) is 77.5 Å². The maximum Gasteiger partial charge on any atom is 0.263 e. The lowest BCUT2D eigenvalue weighted by Gasteiger charge is -2.25. The van der Waals surface area contributed by atoms with E-state index in [1.54, 1.807) is 0 Å². The Kier molecular flexibility index (Phi) is 6.32. The number of amides is 1. The molecule has 0 radical (unpaired) electrons. The fourth-order valence-corrected chi connectivity index (χ4v) is 4.20. The average Bonchev–Trinajstić information content (AvgIpc) is 3.26. The van der Waals surface area contributed by atoms with Crippen molar-refractivity contribution >= 4 is 5.91 Å². The molecule has 7 nitrogen and oxygen atoms in total. The molecule has 1 aromatic carbocycles. The minimum atomic E-state index is -0.512. The van der Waals surface area contributed by atoms with E-state index in [1.807, 2.05) is 24.8 Å². The second-order valence-electron chi connectivity index (χ2n) is 9.42. The van der Waals surface area contributed by atoms with Gasteiger partial charge in [0, 0.05) is 25.0 Å². The number of rotatable bonds is 8. The number of carbonyl (C=O) groups is 1. The maximum atomic E-state index is 13.1. The van der Waals surface area contributed by atoms with Crippen LogP contribution in [0.2, 0.25) is 0 Å². The number of aromatic nitrogens is 2. The molecule has 168 valence electrons. The largest absolute Gasteiger partial charge is 0.481 e. The molecule has 7 heteroatoms. The highest BCUT2D eigenvalue weighted by Gasteiger charge is 2.33. The minimum absolute atomic E-state index is 0.0442. The number of nitrogens with zero attached hydrogens (tertiary/aromatic N) is 4. The number of carbonyl (C=O) groups excluding carboxylic acids is 1. The first-order chi connectivity index (χ1) is 14.8. The Labute approximate surface area is 184 Å². The van der Waals surface area contributed by atoms with Crippen molar-refractivity contribution in [3.63, 3.8) is 0 Å². The Balaban J connectivity index is 1.32. The lowest BCUT2D eigenvalue weighted by Crippen LogP contribution is -2.41. The molecule has 1 saturated carbocycles. The summed E-state index contributed by atoms with van der Waals surface area (Å²) in [5, 5.41) is 4.12. The molecule has 1 aliphatic heterocycles. The molecule has 0 bridgehead atoms. The fourth-order valence-electron chi connectivity index (χ4n) is 4.20. The van der Waals surface area contributed by atoms with Gasteiger partial charge in [-0.05, 0) is 63.3 Å². The molecule has 2 heterocycles. The van der Waals surface area contributed by atoms with Gasteiger partial charge in [-0.1, -0.05) is 31.1 Å². The Morgan fingerprint density at radius 3 is 2.77 bits per heavy atom. The second-order valence-corrected chi connectivity index (χ2v) is 9.42. The molecule has 2 atom stereocenters. The summed E-state index contributed by atoms with van der Waals surface area (Å²) >= 11 is 0. The van der Waals surface area contributed by atoms with Crippen LogP contribution < -0.4 is 4.74 Å². The summed E-state index contributed by atoms with van der Waals surface area (Å²) in [6.07, 6.45) is 2.73. The van der Waals surface area contributed by atoms with Crippen molar-refractivity contribution in [2.24, 2.45) is 0 Å². The minimum Gasteiger partial charge on any atom is -0.481 e. The van der Waals surface area contributed by atoms with E-state index in [4.69, 9.17) is 9.26 Å². The van der Waals surface area contributed by atoms with Gasteiger partial charge in [0.1, 0.15) is 5.75 Å². The number of hydrogen-bond acceptors (Lipinski definition) is 6. The monoisotopic (exact) mass is 426 g/mol. The second kappa shape index (κ2) is 8.99. The van der Waals surface area contributed by atoms with Crippen molar-refractivity contribution in [2.75, 3.05) is 20.1 Å². The third-order valence-corrected chi connectivity index (χ3v) is 6.34. The number of hydrogen-bond donors (Lipinski definition) is 0. The summed E-state index contributed by atoms with van der Waals surface area (Å²) in [5.74, 6) is 3.17. The summed E-state index contributed by atoms with van der Waals surface area (Å²) in [6, 6.07) is 6.50. The molecule has 2 aliphatic rings. The quantitative estimate of drug-likeness (QED) is 0.638. The van der Waals surface area contributed by atoms with Gasteiger partial charge in [0.15, 0.2) is 11.9 Å². The molecule has 2 fully saturated rings. The lowest BCUT2D eigenvalue weighted by atomic mass is 10.0. The normalized spacial score (nSPS) is 20.0. The van der Waals surface area contributed by atoms with Gasteiger partial charge in [-0.25, -0.2) is 0 Å². The van der Waals surface area contributed by atoms with Gasteiger partial charge in [0.25, 0.3) is 5.91 Å². The summed E-state index contributed by atoms with van der Waals surface area (Å²) in [5.41, 5.74) is 2.27. The van der Waals surface area contributed by atoms with Crippen molar-refractivity contribution in [1.82, 2.24) is 19.9 Å². The Morgan fingerprint density at radius 2 is 2.06 bits per heavy atom. The van der Waals surface area contributed by atoms with E-state index in [1.165, 1.54) is 0 Å². The Morgan fingerprint density at radius 1 is 1.29 bits per heavy atom. The van der Waals surface area contributed by atoms with Crippen LogP contribution in [0.1, 0.15) is 74.7 Å². The zero-order chi connectivity index (χ0) is 22.1. The highest BCUT2D eigenvalue weighted by atomic mass is 16.5. The first-order valence-electron chi connectivity index (χ1n) is 11.4. The maximum absolute atomic E-state index is 13.1. The van der Waals surface area contributed by atoms with E-state index >= 15 is 0 Å². The SMILES string of the molecule is Cc1ccc(C(C)C)c(O[C@H](C)C(=O)N2CC[C@@H](N(C)Cc3noc(C4CC4)n3)C2)c1. The topological polar surface area (TPSA) is 71.7 Å². The van der Waals surface area contributed by atoms with E-state index in [9.17, 15) is 4.79 Å². The number of ether oxygens (including phenoxy) is 1. The molecule has 0 spiro atoms. The fraction of sp³-hybridized carbons (Fsp3) is 0.625. The zero-order valence-corrected chi connectivity index (χ0v) is 19.3. The van der Waals surface area contributed by atoms with E-state index < -0.39 is 6.10 Å². The zero-order valence-electron chi connectivity index (χ0n) is 19.3. The summed E-state index contributed by atoms with van der Waals surface area (Å²) in [4.78, 5) is 21.7. The number of aryl methyl sites for hydroxylation is 1. The first kappa shape index (κ1) is 21.8. The van der Waals surface area contributed by atoms with Gasteiger partial charge >= 0.3 is 0 Å². The Hall–Kier alpha value is -2.41. The summed E-state index contributed by atoms with van der Waals surface area (Å²) in [6.45, 7) is 10.2. The molecule has 0 N–H and O–H groups in total. The number of likely N-dealkylation sites (N-methyl/N-ethyl adjacent to an activating group) is 1. The van der Waals surface area contributed by atoms with Crippen LogP contribution in [0.5, 0.6) is 5.75 Å². The van der Waals surface area contributed by atoms with E-state index in [0.717, 1.165) is 54.4 Å². The van der Waals surface area contributed by atoms with Gasteiger partial charge < -0.3 is 14.2 Å². The van der Waals surface area contributed by atoms with Gasteiger partial charge in [-0.3, -0.25) is 9.69 Å². The first-order valence-corrected chi connectivity index (χ1v) is 11.4. The molecular formula is C24H34N4O3. The number of likely N-dealkylation sites (tertiary alicyclic amines) is 1. The van der Waals surface area contributed by atoms with E-state index in [0.29, 0.717) is 24.9 Å². The molecule has 0 unspecified atom stereocenters. The van der Waals surface area contributed by atoms with Gasteiger partial charge in [-0.15, -0.1) is 0 Å². The predicted octanol–water partition coefficient (Wildman–Crippen LogP) is 3.88. The summed E-state index contributed by atoms with van der Waals surface area (Å²) in [7, 11) is 2.06. The van der Waals surface area contributed by atoms with Gasteiger partial charge in [0.05, 0.1) is 6.54 Å². The van der Waals surface area contributed by atoms with Crippen molar-refractivity contribution in [1.29, 1.82) is 0 Å². The van der Waals surface area contributed by atoms with Crippen molar-refractivity contribution in [3.8, 4) is 5.75 Å². The van der Waals surface area contributed by atoms with Crippen LogP contribution >= 0.6 is 0 Å². The standard InChI is InChI=1S/C24H34N4O3/c1-15(2)20-9-6-16(3)12-21(20)30-17(4)24(29)28-11-10-19(13-28)27(5)14-22-25-23(31-26-22)18-7-8-18/h6,9,12,15,17-19H,7-8,10-11,13-14H2,1-5H3/t17-,19-/m1/s1. The van der Waals surface area contributed by atoms with Crippen LogP contribution in [0, 0.1) is 6.92 Å². The third-order valence-electron chi connectivity index (χ3n) is 6.34. The summed E-state index contributed by atoms with van der Waals surface area (Å²) < 4.78 is 11.5. The average molecular weight is 427 g/mol. The van der Waals surface area contributed by atoms with Crippen LogP contribution in [0.3, 0.4) is 0 Å². The highest BCUT2D eigenvalue weighted by Crippen LogP contribution is 2.38. The van der Waals surface area contributed by atoms with Crippen molar-refractivity contribution < 1.29 is 14.1 Å². The van der Waals surface area contributed by atoms with Crippen LogP contribution in [0.15, 0.2) is 22.7 Å². The smallest absolute Gasteiger partial charge is 0.263 e. The van der Waals surface area contributed by atoms with Crippen molar-refractivity contribution in [3.05, 3.63) is 41.0 Å². The molecule has 1 aromatic heterocycles. The van der Waals surface area contributed by atoms with E-state index in [-0.39, 0.29) is 11.9 Å². The molecule has 31 heavy (non-hydrogen) atoms. The van der Waals surface area contributed by atoms with E-state index in [2.05, 4.69) is 48.1 Å². The van der Waals surface area contributed by atoms with Gasteiger partial charge in [0.2, 0.25) is 5.89 Å². The van der Waals surface area contributed by atoms with Gasteiger partial charge in [-0.2, -0.15) is 4.98 Å². The molecule has 4 rings (SSSR count). The lowest BCUT2D eigenvalue weighted by molar-refractivity contribution is -0.137. The number of benzene rings is 1. The van der Waals surface area contributed by atoms with Crippen LogP contribution in [0.4, 0.5) is 0 Å². The Bertz CT molecular complexity index is 921. The highest BCUT2D eigenvalue weighted by molar-refractivity contribution is 5.81. The van der Waals surface area contributed by atoms with Crippen LogP contribution in [-0.4, -0.2) is 58.1 Å². The predicted molar refractivity (Wildman–Crippen MR) is 118 cm³/mol. The molecule has 2 aromatic rings. The van der Waals surface area contributed by atoms with Crippen LogP contribution in [0.25, 0.3) is 0 Å². The molecule has 1 aliphatic carbocycles. The molecular weight excluding hydrogens is 392 g/mol. The molecule has 1 amide bonds. The third kappa shape index (κ3) is 5.09. The van der Waals surface area contributed by atoms with Crippen LogP contribution in [-0.2, 0) is 11.3 Å².